The maximum Gasteiger partial charge on any atom is 0.0561 e. The van der Waals surface area contributed by atoms with E-state index in [0.717, 1.165) is 10.9 Å². The van der Waals surface area contributed by atoms with E-state index in [-0.39, 0.29) is 0 Å². The SMILES string of the molecule is CNC(CC1CCC1)c1sccc1Cl. The van der Waals surface area contributed by atoms with Crippen LogP contribution in [0.5, 0.6) is 0 Å². The lowest BCUT2D eigenvalue weighted by Gasteiger charge is -2.29. The smallest absolute Gasteiger partial charge is 0.0561 e. The van der Waals surface area contributed by atoms with Gasteiger partial charge in [-0.05, 0) is 30.8 Å². The van der Waals surface area contributed by atoms with E-state index in [1.54, 1.807) is 11.3 Å². The zero-order chi connectivity index (χ0) is 9.97. The summed E-state index contributed by atoms with van der Waals surface area (Å²) in [7, 11) is 2.03. The van der Waals surface area contributed by atoms with E-state index >= 15 is 0 Å². The highest BCUT2D eigenvalue weighted by Crippen LogP contribution is 2.38. The molecule has 0 aromatic carbocycles. The van der Waals surface area contributed by atoms with Crippen LogP contribution < -0.4 is 5.32 Å². The Hall–Kier alpha value is -0.0500. The highest BCUT2D eigenvalue weighted by Gasteiger charge is 2.23. The van der Waals surface area contributed by atoms with Gasteiger partial charge in [0.15, 0.2) is 0 Å². The predicted octanol–water partition coefficient (Wildman–Crippen LogP) is 3.85. The van der Waals surface area contributed by atoms with Crippen molar-refractivity contribution in [2.75, 3.05) is 7.05 Å². The van der Waals surface area contributed by atoms with E-state index in [4.69, 9.17) is 11.6 Å². The van der Waals surface area contributed by atoms with Crippen LogP contribution in [0.3, 0.4) is 0 Å². The van der Waals surface area contributed by atoms with Crippen molar-refractivity contribution in [2.24, 2.45) is 5.92 Å². The Bertz CT molecular complexity index is 293. The van der Waals surface area contributed by atoms with Gasteiger partial charge in [-0.25, -0.2) is 0 Å². The molecule has 1 heterocycles. The zero-order valence-corrected chi connectivity index (χ0v) is 10.00. The van der Waals surface area contributed by atoms with Crippen molar-refractivity contribution in [1.29, 1.82) is 0 Å². The first-order chi connectivity index (χ1) is 6.81. The van der Waals surface area contributed by atoms with Gasteiger partial charge in [0.2, 0.25) is 0 Å². The molecule has 78 valence electrons. The fourth-order valence-electron chi connectivity index (χ4n) is 1.97. The summed E-state index contributed by atoms with van der Waals surface area (Å²) in [4.78, 5) is 1.31. The molecule has 0 saturated heterocycles. The van der Waals surface area contributed by atoms with Crippen molar-refractivity contribution in [3.63, 3.8) is 0 Å². The molecule has 14 heavy (non-hydrogen) atoms. The third-order valence-corrected chi connectivity index (χ3v) is 4.58. The summed E-state index contributed by atoms with van der Waals surface area (Å²) in [6.45, 7) is 0. The minimum Gasteiger partial charge on any atom is -0.312 e. The molecule has 1 fully saturated rings. The molecule has 1 aliphatic carbocycles. The number of nitrogens with one attached hydrogen (secondary N) is 1. The highest BCUT2D eigenvalue weighted by molar-refractivity contribution is 7.10. The zero-order valence-electron chi connectivity index (χ0n) is 8.42. The van der Waals surface area contributed by atoms with Crippen molar-refractivity contribution in [3.8, 4) is 0 Å². The van der Waals surface area contributed by atoms with Crippen molar-refractivity contribution in [2.45, 2.75) is 31.7 Å². The second-order valence-corrected chi connectivity index (χ2v) is 5.36. The normalized spacial score (nSPS) is 19.3. The summed E-state index contributed by atoms with van der Waals surface area (Å²) in [5.74, 6) is 0.922. The lowest BCUT2D eigenvalue weighted by atomic mass is 9.80. The van der Waals surface area contributed by atoms with Crippen LogP contribution in [-0.2, 0) is 0 Å². The standard InChI is InChI=1S/C11H16ClNS/c1-13-10(7-8-3-2-4-8)11-9(12)5-6-14-11/h5-6,8,10,13H,2-4,7H2,1H3. The quantitative estimate of drug-likeness (QED) is 0.827. The van der Waals surface area contributed by atoms with Gasteiger partial charge in [-0.2, -0.15) is 0 Å². The third kappa shape index (κ3) is 2.13. The molecular weight excluding hydrogens is 214 g/mol. The van der Waals surface area contributed by atoms with Crippen LogP contribution in [-0.4, -0.2) is 7.05 Å². The average molecular weight is 230 g/mol. The van der Waals surface area contributed by atoms with Crippen molar-refractivity contribution in [3.05, 3.63) is 21.3 Å². The van der Waals surface area contributed by atoms with Crippen molar-refractivity contribution < 1.29 is 0 Å². The largest absolute Gasteiger partial charge is 0.312 e. The predicted molar refractivity (Wildman–Crippen MR) is 63.1 cm³/mol. The molecule has 1 atom stereocenters. The number of halogens is 1. The molecule has 1 aromatic rings. The van der Waals surface area contributed by atoms with Crippen molar-refractivity contribution in [1.82, 2.24) is 5.32 Å². The van der Waals surface area contributed by atoms with Crippen LogP contribution in [0.4, 0.5) is 0 Å². The Morgan fingerprint density at radius 2 is 2.43 bits per heavy atom. The Kier molecular flexibility index (Phi) is 3.47. The van der Waals surface area contributed by atoms with E-state index in [9.17, 15) is 0 Å². The van der Waals surface area contributed by atoms with Gasteiger partial charge in [-0.1, -0.05) is 30.9 Å². The minimum absolute atomic E-state index is 0.466. The number of rotatable bonds is 4. The molecule has 1 aliphatic rings. The number of hydrogen-bond donors (Lipinski definition) is 1. The fraction of sp³-hybridized carbons (Fsp3) is 0.636. The number of thiophene rings is 1. The molecule has 0 aliphatic heterocycles. The van der Waals surface area contributed by atoms with Crippen LogP contribution >= 0.6 is 22.9 Å². The van der Waals surface area contributed by atoms with Gasteiger partial charge >= 0.3 is 0 Å². The fourth-order valence-corrected chi connectivity index (χ4v) is 3.28. The van der Waals surface area contributed by atoms with E-state index in [0.29, 0.717) is 6.04 Å². The summed E-state index contributed by atoms with van der Waals surface area (Å²) in [5, 5.41) is 6.37. The van der Waals surface area contributed by atoms with Gasteiger partial charge < -0.3 is 5.32 Å². The van der Waals surface area contributed by atoms with Crippen LogP contribution in [0.2, 0.25) is 5.02 Å². The topological polar surface area (TPSA) is 12.0 Å². The molecule has 1 unspecified atom stereocenters. The maximum absolute atomic E-state index is 6.13. The molecule has 1 nitrogen and oxygen atoms in total. The molecule has 0 radical (unpaired) electrons. The number of hydrogen-bond acceptors (Lipinski definition) is 2. The van der Waals surface area contributed by atoms with Gasteiger partial charge in [0.25, 0.3) is 0 Å². The monoisotopic (exact) mass is 229 g/mol. The van der Waals surface area contributed by atoms with E-state index < -0.39 is 0 Å². The van der Waals surface area contributed by atoms with E-state index in [1.807, 2.05) is 13.1 Å². The summed E-state index contributed by atoms with van der Waals surface area (Å²) >= 11 is 7.89. The van der Waals surface area contributed by atoms with Gasteiger partial charge in [-0.3, -0.25) is 0 Å². The lowest BCUT2D eigenvalue weighted by molar-refractivity contribution is 0.267. The van der Waals surface area contributed by atoms with E-state index in [1.165, 1.54) is 30.6 Å². The lowest BCUT2D eigenvalue weighted by Crippen LogP contribution is -2.22. The van der Waals surface area contributed by atoms with Gasteiger partial charge in [-0.15, -0.1) is 11.3 Å². The van der Waals surface area contributed by atoms with Crippen LogP contribution in [0.15, 0.2) is 11.4 Å². The van der Waals surface area contributed by atoms with Crippen molar-refractivity contribution >= 4 is 22.9 Å². The Balaban J connectivity index is 2.01. The summed E-state index contributed by atoms with van der Waals surface area (Å²) in [6.07, 6.45) is 5.47. The van der Waals surface area contributed by atoms with E-state index in [2.05, 4.69) is 10.7 Å². The Morgan fingerprint density at radius 3 is 2.86 bits per heavy atom. The molecule has 1 saturated carbocycles. The second-order valence-electron chi connectivity index (χ2n) is 4.01. The van der Waals surface area contributed by atoms with Crippen LogP contribution in [0, 0.1) is 5.92 Å². The molecular formula is C11H16ClNS. The average Bonchev–Trinajstić information content (AvgIpc) is 2.51. The molecule has 1 N–H and O–H groups in total. The Labute approximate surface area is 94.5 Å². The van der Waals surface area contributed by atoms with Crippen LogP contribution in [0.1, 0.15) is 36.6 Å². The maximum atomic E-state index is 6.13. The molecule has 0 bridgehead atoms. The second kappa shape index (κ2) is 4.65. The summed E-state index contributed by atoms with van der Waals surface area (Å²) in [5.41, 5.74) is 0. The third-order valence-electron chi connectivity index (χ3n) is 3.10. The molecule has 1 aromatic heterocycles. The Morgan fingerprint density at radius 1 is 1.64 bits per heavy atom. The molecule has 3 heteroatoms. The summed E-state index contributed by atoms with van der Waals surface area (Å²) < 4.78 is 0. The van der Waals surface area contributed by atoms with Crippen LogP contribution in [0.25, 0.3) is 0 Å². The first-order valence-corrected chi connectivity index (χ1v) is 6.47. The summed E-state index contributed by atoms with van der Waals surface area (Å²) in [6, 6.07) is 2.46. The minimum atomic E-state index is 0.466. The highest BCUT2D eigenvalue weighted by atomic mass is 35.5. The molecule has 0 spiro atoms. The molecule has 0 amide bonds. The van der Waals surface area contributed by atoms with Gasteiger partial charge in [0.1, 0.15) is 0 Å². The van der Waals surface area contributed by atoms with Gasteiger partial charge in [0.05, 0.1) is 5.02 Å². The first-order valence-electron chi connectivity index (χ1n) is 5.21. The molecule has 2 rings (SSSR count). The van der Waals surface area contributed by atoms with Gasteiger partial charge in [0, 0.05) is 10.9 Å². The first kappa shape index (κ1) is 10.5.